The van der Waals surface area contributed by atoms with Gasteiger partial charge in [0, 0.05) is 19.2 Å². The van der Waals surface area contributed by atoms with E-state index in [2.05, 4.69) is 0 Å². The summed E-state index contributed by atoms with van der Waals surface area (Å²) >= 11 is 0. The molecule has 2 rings (SSSR count). The first-order valence-corrected chi connectivity index (χ1v) is 5.23. The fraction of sp³-hybridized carbons (Fsp3) is 0.600. The van der Waals surface area contributed by atoms with E-state index >= 15 is 0 Å². The maximum Gasteiger partial charge on any atom is 0.332 e. The van der Waals surface area contributed by atoms with Crippen LogP contribution in [0.2, 0.25) is 0 Å². The van der Waals surface area contributed by atoms with Crippen LogP contribution < -0.4 is 17.0 Å². The Hall–Kier alpha value is -1.52. The Labute approximate surface area is 87.1 Å². The van der Waals surface area contributed by atoms with Crippen LogP contribution in [0.25, 0.3) is 0 Å². The highest BCUT2D eigenvalue weighted by Gasteiger charge is 2.23. The maximum atomic E-state index is 11.9. The molecule has 0 bridgehead atoms. The maximum absolute atomic E-state index is 11.9. The van der Waals surface area contributed by atoms with Gasteiger partial charge in [0.1, 0.15) is 5.82 Å². The Morgan fingerprint density at radius 1 is 1.40 bits per heavy atom. The van der Waals surface area contributed by atoms with Crippen molar-refractivity contribution in [2.24, 2.45) is 5.92 Å². The van der Waals surface area contributed by atoms with Gasteiger partial charge in [-0.15, -0.1) is 0 Å². The first-order chi connectivity index (χ1) is 7.13. The molecule has 1 heterocycles. The molecule has 0 aliphatic heterocycles. The summed E-state index contributed by atoms with van der Waals surface area (Å²) < 4.78 is 2.71. The smallest absolute Gasteiger partial charge is 0.332 e. The fourth-order valence-corrected chi connectivity index (χ4v) is 1.68. The molecule has 5 heteroatoms. The van der Waals surface area contributed by atoms with Gasteiger partial charge < -0.3 is 5.73 Å². The molecule has 1 saturated carbocycles. The quantitative estimate of drug-likeness (QED) is 0.763. The average Bonchev–Trinajstić information content (AvgIpc) is 2.96. The van der Waals surface area contributed by atoms with Gasteiger partial charge >= 0.3 is 5.69 Å². The number of hydrogen-bond acceptors (Lipinski definition) is 3. The number of aromatic nitrogens is 2. The minimum Gasteiger partial charge on any atom is -0.385 e. The minimum atomic E-state index is -0.283. The Bertz CT molecular complexity index is 482. The molecule has 5 nitrogen and oxygen atoms in total. The largest absolute Gasteiger partial charge is 0.385 e. The number of anilines is 1. The van der Waals surface area contributed by atoms with Crippen LogP contribution in [0.15, 0.2) is 15.7 Å². The van der Waals surface area contributed by atoms with E-state index in [4.69, 9.17) is 5.73 Å². The Morgan fingerprint density at radius 3 is 2.60 bits per heavy atom. The van der Waals surface area contributed by atoms with Crippen LogP contribution >= 0.6 is 0 Å². The molecule has 1 aliphatic carbocycles. The molecule has 0 spiro atoms. The van der Waals surface area contributed by atoms with E-state index in [1.54, 1.807) is 0 Å². The highest BCUT2D eigenvalue weighted by molar-refractivity contribution is 5.26. The zero-order valence-electron chi connectivity index (χ0n) is 8.77. The van der Waals surface area contributed by atoms with E-state index in [1.807, 2.05) is 6.92 Å². The van der Waals surface area contributed by atoms with Crippen LogP contribution in [0.5, 0.6) is 0 Å². The zero-order chi connectivity index (χ0) is 11.0. The fourth-order valence-electron chi connectivity index (χ4n) is 1.68. The van der Waals surface area contributed by atoms with Gasteiger partial charge in [-0.25, -0.2) is 4.79 Å². The van der Waals surface area contributed by atoms with E-state index in [9.17, 15) is 9.59 Å². The highest BCUT2D eigenvalue weighted by atomic mass is 16.2. The normalized spacial score (nSPS) is 15.5. The molecule has 0 radical (unpaired) electrons. The van der Waals surface area contributed by atoms with Crippen LogP contribution in [-0.4, -0.2) is 9.13 Å². The molecule has 2 N–H and O–H groups in total. The number of nitrogens with zero attached hydrogens (tertiary/aromatic N) is 2. The first-order valence-electron chi connectivity index (χ1n) is 5.23. The zero-order valence-corrected chi connectivity index (χ0v) is 8.77. The monoisotopic (exact) mass is 209 g/mol. The van der Waals surface area contributed by atoms with Crippen molar-refractivity contribution in [3.63, 3.8) is 0 Å². The van der Waals surface area contributed by atoms with Gasteiger partial charge in [-0.05, 0) is 25.7 Å². The van der Waals surface area contributed by atoms with E-state index < -0.39 is 0 Å². The number of rotatable bonds is 3. The summed E-state index contributed by atoms with van der Waals surface area (Å²) in [6.07, 6.45) is 2.23. The Balaban J connectivity index is 2.52. The Morgan fingerprint density at radius 2 is 2.07 bits per heavy atom. The summed E-state index contributed by atoms with van der Waals surface area (Å²) in [5.41, 5.74) is 5.03. The van der Waals surface area contributed by atoms with Crippen molar-refractivity contribution >= 4 is 5.82 Å². The lowest BCUT2D eigenvalue weighted by Crippen LogP contribution is -2.40. The molecular weight excluding hydrogens is 194 g/mol. The highest BCUT2D eigenvalue weighted by Crippen LogP contribution is 2.29. The third-order valence-electron chi connectivity index (χ3n) is 2.76. The molecule has 0 saturated heterocycles. The average molecular weight is 209 g/mol. The molecule has 82 valence electrons. The number of hydrogen-bond donors (Lipinski definition) is 1. The summed E-state index contributed by atoms with van der Waals surface area (Å²) in [6, 6.07) is 1.33. The molecule has 0 aromatic carbocycles. The lowest BCUT2D eigenvalue weighted by molar-refractivity contribution is 0.537. The van der Waals surface area contributed by atoms with Crippen molar-refractivity contribution in [3.8, 4) is 0 Å². The van der Waals surface area contributed by atoms with Gasteiger partial charge in [-0.2, -0.15) is 0 Å². The molecule has 15 heavy (non-hydrogen) atoms. The first kappa shape index (κ1) is 10.0. The van der Waals surface area contributed by atoms with Crippen molar-refractivity contribution < 1.29 is 0 Å². The molecule has 0 unspecified atom stereocenters. The van der Waals surface area contributed by atoms with Crippen molar-refractivity contribution in [2.45, 2.75) is 32.9 Å². The second kappa shape index (κ2) is 3.56. The van der Waals surface area contributed by atoms with Crippen LogP contribution in [0.4, 0.5) is 5.82 Å². The van der Waals surface area contributed by atoms with E-state index in [0.29, 0.717) is 19.0 Å². The second-order valence-corrected chi connectivity index (χ2v) is 3.99. The topological polar surface area (TPSA) is 70.0 Å². The summed E-state index contributed by atoms with van der Waals surface area (Å²) in [4.78, 5) is 23.4. The Kier molecular flexibility index (Phi) is 2.38. The molecule has 1 aromatic rings. The molecule has 1 aromatic heterocycles. The summed E-state index contributed by atoms with van der Waals surface area (Å²) in [6.45, 7) is 2.87. The van der Waals surface area contributed by atoms with Gasteiger partial charge in [0.25, 0.3) is 5.56 Å². The van der Waals surface area contributed by atoms with Crippen LogP contribution in [0.1, 0.15) is 19.8 Å². The van der Waals surface area contributed by atoms with Crippen LogP contribution in [0, 0.1) is 5.92 Å². The van der Waals surface area contributed by atoms with Crippen molar-refractivity contribution in [1.29, 1.82) is 0 Å². The van der Waals surface area contributed by atoms with Gasteiger partial charge in [-0.3, -0.25) is 13.9 Å². The third-order valence-corrected chi connectivity index (χ3v) is 2.76. The lowest BCUT2D eigenvalue weighted by Gasteiger charge is -2.10. The van der Waals surface area contributed by atoms with Crippen LogP contribution in [-0.2, 0) is 13.1 Å². The van der Waals surface area contributed by atoms with Crippen molar-refractivity contribution in [3.05, 3.63) is 26.9 Å². The van der Waals surface area contributed by atoms with E-state index in [0.717, 1.165) is 12.8 Å². The third kappa shape index (κ3) is 1.82. The second-order valence-electron chi connectivity index (χ2n) is 3.99. The standard InChI is InChI=1S/C10H15N3O2/c1-2-12-8(11)5-9(14)13(10(12)15)6-7-3-4-7/h5,7H,2-4,6,11H2,1H3. The van der Waals surface area contributed by atoms with Gasteiger partial charge in [0.05, 0.1) is 0 Å². The summed E-state index contributed by atoms with van der Waals surface area (Å²) in [7, 11) is 0. The molecular formula is C10H15N3O2. The van der Waals surface area contributed by atoms with Gasteiger partial charge in [-0.1, -0.05) is 0 Å². The van der Waals surface area contributed by atoms with Crippen molar-refractivity contribution in [2.75, 3.05) is 5.73 Å². The molecule has 1 aliphatic rings. The molecule has 0 atom stereocenters. The SMILES string of the molecule is CCn1c(N)cc(=O)n(CC2CC2)c1=O. The number of nitrogens with two attached hydrogens (primary N) is 1. The van der Waals surface area contributed by atoms with Crippen molar-refractivity contribution in [1.82, 2.24) is 9.13 Å². The minimum absolute atomic E-state index is 0.250. The van der Waals surface area contributed by atoms with E-state index in [-0.39, 0.29) is 17.1 Å². The van der Waals surface area contributed by atoms with Gasteiger partial charge in [0.2, 0.25) is 0 Å². The van der Waals surface area contributed by atoms with Crippen LogP contribution in [0.3, 0.4) is 0 Å². The predicted molar refractivity (Wildman–Crippen MR) is 57.8 cm³/mol. The summed E-state index contributed by atoms with van der Waals surface area (Å²) in [5.74, 6) is 0.754. The number of nitrogen functional groups attached to an aromatic ring is 1. The van der Waals surface area contributed by atoms with Gasteiger partial charge in [0.15, 0.2) is 0 Å². The lowest BCUT2D eigenvalue weighted by atomic mass is 10.4. The summed E-state index contributed by atoms with van der Waals surface area (Å²) in [5, 5.41) is 0. The van der Waals surface area contributed by atoms with E-state index in [1.165, 1.54) is 15.2 Å². The predicted octanol–water partition coefficient (Wildman–Crippen LogP) is 0.0221. The molecule has 0 amide bonds. The molecule has 1 fully saturated rings.